The second-order valence-corrected chi connectivity index (χ2v) is 7.87. The normalized spacial score (nSPS) is 12.2. The molecule has 5 nitrogen and oxygen atoms in total. The maximum Gasteiger partial charge on any atom is 0.335 e. The van der Waals surface area contributed by atoms with E-state index in [-0.39, 0.29) is 11.3 Å². The minimum absolute atomic E-state index is 0.0322. The number of rotatable bonds is 5. The van der Waals surface area contributed by atoms with Gasteiger partial charge in [0.25, 0.3) is 0 Å². The van der Waals surface area contributed by atoms with E-state index in [1.807, 2.05) is 11.5 Å². The zero-order valence-electron chi connectivity index (χ0n) is 12.3. The molecule has 1 aromatic heterocycles. The summed E-state index contributed by atoms with van der Waals surface area (Å²) >= 11 is 0. The highest BCUT2D eigenvalue weighted by Crippen LogP contribution is 2.24. The summed E-state index contributed by atoms with van der Waals surface area (Å²) in [5.41, 5.74) is 1.76. The Hall–Kier alpha value is -1.82. The van der Waals surface area contributed by atoms with E-state index in [1.165, 1.54) is 6.07 Å². The molecule has 1 aromatic carbocycles. The van der Waals surface area contributed by atoms with Gasteiger partial charge in [0.1, 0.15) is 0 Å². The first-order chi connectivity index (χ1) is 9.76. The monoisotopic (exact) mass is 309 g/mol. The molecule has 0 fully saturated rings. The van der Waals surface area contributed by atoms with Gasteiger partial charge in [0.15, 0.2) is 9.84 Å². The number of aromatic nitrogens is 1. The average Bonchev–Trinajstić information content (AvgIpc) is 2.73. The van der Waals surface area contributed by atoms with E-state index < -0.39 is 21.1 Å². The SMILES string of the molecule is CCn1c(CS(=O)(=O)C(C)C)cc2cc(C(=O)O)ccc21. The average molecular weight is 309 g/mol. The summed E-state index contributed by atoms with van der Waals surface area (Å²) in [6.07, 6.45) is 0. The third kappa shape index (κ3) is 2.95. The second kappa shape index (κ2) is 5.52. The zero-order valence-corrected chi connectivity index (χ0v) is 13.1. The van der Waals surface area contributed by atoms with Gasteiger partial charge in [-0.2, -0.15) is 0 Å². The van der Waals surface area contributed by atoms with Crippen LogP contribution in [0.1, 0.15) is 36.8 Å². The largest absolute Gasteiger partial charge is 0.478 e. The first kappa shape index (κ1) is 15.6. The highest BCUT2D eigenvalue weighted by atomic mass is 32.2. The molecular weight excluding hydrogens is 290 g/mol. The van der Waals surface area contributed by atoms with Gasteiger partial charge < -0.3 is 9.67 Å². The van der Waals surface area contributed by atoms with Crippen LogP contribution in [-0.2, 0) is 22.1 Å². The van der Waals surface area contributed by atoms with Crippen LogP contribution in [0.2, 0.25) is 0 Å². The number of fused-ring (bicyclic) bond motifs is 1. The lowest BCUT2D eigenvalue weighted by Gasteiger charge is -2.10. The van der Waals surface area contributed by atoms with Gasteiger partial charge in [0.05, 0.1) is 16.6 Å². The van der Waals surface area contributed by atoms with E-state index in [9.17, 15) is 13.2 Å². The number of aryl methyl sites for hydroxylation is 1. The third-order valence-electron chi connectivity index (χ3n) is 3.62. The minimum Gasteiger partial charge on any atom is -0.478 e. The van der Waals surface area contributed by atoms with Crippen LogP contribution in [0.4, 0.5) is 0 Å². The predicted octanol–water partition coefficient (Wildman–Crippen LogP) is 2.68. The second-order valence-electron chi connectivity index (χ2n) is 5.31. The van der Waals surface area contributed by atoms with Crippen LogP contribution in [0.5, 0.6) is 0 Å². The number of carbonyl (C=O) groups is 1. The molecule has 0 aliphatic rings. The fraction of sp³-hybridized carbons (Fsp3) is 0.400. The van der Waals surface area contributed by atoms with Crippen molar-refractivity contribution in [1.29, 1.82) is 0 Å². The van der Waals surface area contributed by atoms with Crippen molar-refractivity contribution < 1.29 is 18.3 Å². The molecule has 0 aliphatic carbocycles. The number of hydrogen-bond acceptors (Lipinski definition) is 3. The van der Waals surface area contributed by atoms with Crippen molar-refractivity contribution >= 4 is 26.7 Å². The van der Waals surface area contributed by atoms with Gasteiger partial charge in [0, 0.05) is 23.1 Å². The smallest absolute Gasteiger partial charge is 0.335 e. The first-order valence-electron chi connectivity index (χ1n) is 6.83. The molecule has 1 heterocycles. The lowest BCUT2D eigenvalue weighted by Crippen LogP contribution is -2.18. The highest BCUT2D eigenvalue weighted by Gasteiger charge is 2.20. The van der Waals surface area contributed by atoms with Crippen molar-refractivity contribution in [3.8, 4) is 0 Å². The Kier molecular flexibility index (Phi) is 4.09. The van der Waals surface area contributed by atoms with E-state index in [4.69, 9.17) is 5.11 Å². The van der Waals surface area contributed by atoms with Crippen molar-refractivity contribution in [1.82, 2.24) is 4.57 Å². The van der Waals surface area contributed by atoms with Crippen LogP contribution < -0.4 is 0 Å². The van der Waals surface area contributed by atoms with Crippen molar-refractivity contribution in [2.45, 2.75) is 38.3 Å². The maximum atomic E-state index is 12.1. The van der Waals surface area contributed by atoms with Crippen LogP contribution in [0.3, 0.4) is 0 Å². The van der Waals surface area contributed by atoms with Crippen LogP contribution >= 0.6 is 0 Å². The number of aromatic carboxylic acids is 1. The molecule has 0 bridgehead atoms. The topological polar surface area (TPSA) is 76.4 Å². The minimum atomic E-state index is -3.20. The Balaban J connectivity index is 2.57. The Bertz CT molecular complexity index is 787. The summed E-state index contributed by atoms with van der Waals surface area (Å²) in [5, 5.41) is 9.35. The van der Waals surface area contributed by atoms with E-state index in [0.717, 1.165) is 10.9 Å². The Labute approximate surface area is 124 Å². The molecule has 0 amide bonds. The van der Waals surface area contributed by atoms with Gasteiger partial charge in [-0.05, 0) is 45.0 Å². The van der Waals surface area contributed by atoms with Gasteiger partial charge >= 0.3 is 5.97 Å². The summed E-state index contributed by atoms with van der Waals surface area (Å²) < 4.78 is 26.1. The highest BCUT2D eigenvalue weighted by molar-refractivity contribution is 7.91. The molecule has 114 valence electrons. The van der Waals surface area contributed by atoms with Gasteiger partial charge in [-0.25, -0.2) is 13.2 Å². The van der Waals surface area contributed by atoms with Gasteiger partial charge in [-0.3, -0.25) is 0 Å². The van der Waals surface area contributed by atoms with Gasteiger partial charge in [0.2, 0.25) is 0 Å². The van der Waals surface area contributed by atoms with Crippen LogP contribution in [0, 0.1) is 0 Å². The van der Waals surface area contributed by atoms with Crippen molar-refractivity contribution in [2.75, 3.05) is 0 Å². The van der Waals surface area contributed by atoms with E-state index in [2.05, 4.69) is 0 Å². The van der Waals surface area contributed by atoms with Crippen LogP contribution in [-0.4, -0.2) is 29.3 Å². The fourth-order valence-electron chi connectivity index (χ4n) is 2.33. The molecule has 0 aliphatic heterocycles. The molecule has 0 saturated heterocycles. The number of hydrogen-bond donors (Lipinski definition) is 1. The molecule has 0 atom stereocenters. The Morgan fingerprint density at radius 2 is 1.95 bits per heavy atom. The lowest BCUT2D eigenvalue weighted by molar-refractivity contribution is 0.0697. The maximum absolute atomic E-state index is 12.1. The Morgan fingerprint density at radius 1 is 1.29 bits per heavy atom. The molecule has 21 heavy (non-hydrogen) atoms. The molecule has 1 N–H and O–H groups in total. The summed E-state index contributed by atoms with van der Waals surface area (Å²) in [7, 11) is -3.20. The molecule has 0 saturated carbocycles. The molecular formula is C15H19NO4S. The lowest BCUT2D eigenvalue weighted by atomic mass is 10.1. The van der Waals surface area contributed by atoms with Crippen molar-refractivity contribution in [2.24, 2.45) is 0 Å². The van der Waals surface area contributed by atoms with Crippen molar-refractivity contribution in [3.63, 3.8) is 0 Å². The standard InChI is InChI=1S/C15H19NO4S/c1-4-16-13(9-21(19,20)10(2)3)8-12-7-11(15(17)18)5-6-14(12)16/h5-8,10H,4,9H2,1-3H3,(H,17,18). The van der Waals surface area contributed by atoms with Crippen LogP contribution in [0.25, 0.3) is 10.9 Å². The van der Waals surface area contributed by atoms with Gasteiger partial charge in [-0.1, -0.05) is 0 Å². The molecule has 2 rings (SSSR count). The fourth-order valence-corrected chi connectivity index (χ4v) is 3.31. The third-order valence-corrected chi connectivity index (χ3v) is 5.75. The number of sulfone groups is 1. The van der Waals surface area contributed by atoms with E-state index in [1.54, 1.807) is 32.0 Å². The molecule has 0 spiro atoms. The van der Waals surface area contributed by atoms with E-state index >= 15 is 0 Å². The van der Waals surface area contributed by atoms with Crippen LogP contribution in [0.15, 0.2) is 24.3 Å². The molecule has 6 heteroatoms. The number of nitrogens with zero attached hydrogens (tertiary/aromatic N) is 1. The first-order valence-corrected chi connectivity index (χ1v) is 8.55. The van der Waals surface area contributed by atoms with Crippen molar-refractivity contribution in [3.05, 3.63) is 35.5 Å². The van der Waals surface area contributed by atoms with Gasteiger partial charge in [-0.15, -0.1) is 0 Å². The summed E-state index contributed by atoms with van der Waals surface area (Å²) in [4.78, 5) is 11.0. The molecule has 0 unspecified atom stereocenters. The quantitative estimate of drug-likeness (QED) is 0.921. The summed E-state index contributed by atoms with van der Waals surface area (Å²) in [6, 6.07) is 6.62. The number of benzene rings is 1. The summed E-state index contributed by atoms with van der Waals surface area (Å²) in [5.74, 6) is -1.02. The molecule has 0 radical (unpaired) electrons. The molecule has 2 aromatic rings. The van der Waals surface area contributed by atoms with E-state index in [0.29, 0.717) is 12.2 Å². The summed E-state index contributed by atoms with van der Waals surface area (Å²) in [6.45, 7) is 5.91. The number of carboxylic acids is 1. The number of carboxylic acid groups (broad SMARTS) is 1. The zero-order chi connectivity index (χ0) is 15.8. The Morgan fingerprint density at radius 3 is 2.48 bits per heavy atom. The predicted molar refractivity (Wildman–Crippen MR) is 82.3 cm³/mol.